The van der Waals surface area contributed by atoms with Gasteiger partial charge in [-0.25, -0.2) is 0 Å². The second-order valence-electron chi connectivity index (χ2n) is 11.3. The van der Waals surface area contributed by atoms with E-state index in [1.807, 2.05) is 88.5 Å². The van der Waals surface area contributed by atoms with Gasteiger partial charge in [-0.15, -0.1) is 10.2 Å². The van der Waals surface area contributed by atoms with Crippen molar-refractivity contribution in [3.05, 3.63) is 96.4 Å². The number of amides is 2. The zero-order valence-corrected chi connectivity index (χ0v) is 23.7. The van der Waals surface area contributed by atoms with Crippen LogP contribution in [0.15, 0.2) is 85.1 Å². The molecule has 0 spiro atoms. The molecule has 5 aromatic rings. The molecule has 2 atom stereocenters. The number of piperidine rings is 1. The van der Waals surface area contributed by atoms with E-state index in [1.54, 1.807) is 4.90 Å². The first-order chi connectivity index (χ1) is 20.6. The summed E-state index contributed by atoms with van der Waals surface area (Å²) in [7, 11) is 0. The van der Waals surface area contributed by atoms with Crippen LogP contribution >= 0.6 is 0 Å². The summed E-state index contributed by atoms with van der Waals surface area (Å²) >= 11 is 0. The predicted molar refractivity (Wildman–Crippen MR) is 164 cm³/mol. The van der Waals surface area contributed by atoms with Crippen LogP contribution in [0.1, 0.15) is 49.9 Å². The second kappa shape index (κ2) is 10.9. The summed E-state index contributed by atoms with van der Waals surface area (Å²) in [6, 6.07) is 26.1. The highest BCUT2D eigenvalue weighted by atomic mass is 16.2. The third-order valence-electron chi connectivity index (χ3n) is 8.82. The number of hydrogen-bond acceptors (Lipinski definition) is 4. The number of rotatable bonds is 6. The molecule has 0 aliphatic carbocycles. The van der Waals surface area contributed by atoms with E-state index in [1.165, 1.54) is 0 Å². The van der Waals surface area contributed by atoms with Crippen LogP contribution in [0.4, 0.5) is 5.69 Å². The number of aromatic nitrogens is 4. The molecule has 2 aromatic heterocycles. The number of para-hydroxylation sites is 3. The molecule has 42 heavy (non-hydrogen) atoms. The van der Waals surface area contributed by atoms with Crippen LogP contribution in [0.5, 0.6) is 0 Å². The highest BCUT2D eigenvalue weighted by Gasteiger charge is 2.39. The van der Waals surface area contributed by atoms with E-state index in [0.29, 0.717) is 23.8 Å². The van der Waals surface area contributed by atoms with Gasteiger partial charge in [-0.3, -0.25) is 14.2 Å². The molecule has 8 heteroatoms. The van der Waals surface area contributed by atoms with E-state index in [9.17, 15) is 9.59 Å². The highest BCUT2D eigenvalue weighted by molar-refractivity contribution is 6.05. The summed E-state index contributed by atoms with van der Waals surface area (Å²) in [6.07, 6.45) is 6.46. The topological polar surface area (TPSA) is 87.1 Å². The van der Waals surface area contributed by atoms with Crippen LogP contribution < -0.4 is 4.90 Å². The summed E-state index contributed by atoms with van der Waals surface area (Å²) in [5.41, 5.74) is 4.45. The molecule has 2 amide bonds. The van der Waals surface area contributed by atoms with E-state index < -0.39 is 5.92 Å². The maximum Gasteiger partial charge on any atom is 0.242 e. The fourth-order valence-corrected chi connectivity index (χ4v) is 6.67. The number of carbonyl (C=O) groups excluding carboxylic acids is 2. The number of hydrogen-bond donors (Lipinski definition) is 1. The molecule has 1 saturated heterocycles. The van der Waals surface area contributed by atoms with Crippen molar-refractivity contribution >= 4 is 28.4 Å². The van der Waals surface area contributed by atoms with Crippen molar-refractivity contribution in [2.24, 2.45) is 0 Å². The Morgan fingerprint density at radius 3 is 2.52 bits per heavy atom. The van der Waals surface area contributed by atoms with Crippen molar-refractivity contribution in [2.45, 2.75) is 51.0 Å². The molecule has 2 aliphatic heterocycles. The highest BCUT2D eigenvalue weighted by Crippen LogP contribution is 2.39. The molecule has 0 radical (unpaired) electrons. The average molecular weight is 559 g/mol. The van der Waals surface area contributed by atoms with Gasteiger partial charge >= 0.3 is 0 Å². The lowest BCUT2D eigenvalue weighted by molar-refractivity contribution is -0.135. The number of aromatic amines is 1. The summed E-state index contributed by atoms with van der Waals surface area (Å²) in [5, 5.41) is 10.4. The summed E-state index contributed by atoms with van der Waals surface area (Å²) in [4.78, 5) is 35.6. The third-order valence-corrected chi connectivity index (χ3v) is 8.82. The number of carbonyl (C=O) groups is 2. The fourth-order valence-electron chi connectivity index (χ4n) is 6.67. The molecule has 2 unspecified atom stereocenters. The Labute approximate surface area is 245 Å². The summed E-state index contributed by atoms with van der Waals surface area (Å²) < 4.78 is 2.02. The quantitative estimate of drug-likeness (QED) is 0.282. The van der Waals surface area contributed by atoms with Gasteiger partial charge in [0.1, 0.15) is 12.5 Å². The molecule has 0 saturated carbocycles. The Morgan fingerprint density at radius 1 is 0.929 bits per heavy atom. The van der Waals surface area contributed by atoms with E-state index in [0.717, 1.165) is 59.9 Å². The molecule has 3 aromatic carbocycles. The van der Waals surface area contributed by atoms with E-state index in [4.69, 9.17) is 0 Å². The van der Waals surface area contributed by atoms with Gasteiger partial charge in [-0.05, 0) is 55.9 Å². The zero-order valence-electron chi connectivity index (χ0n) is 23.7. The van der Waals surface area contributed by atoms with Crippen LogP contribution in [0.25, 0.3) is 28.0 Å². The van der Waals surface area contributed by atoms with Gasteiger partial charge < -0.3 is 14.8 Å². The standard InChI is InChI=1S/C34H34N6O2/c1-2-25-14-10-11-19-38(25)31(41)22-39-29-17-8-9-18-30(29)40-32(23-12-4-3-5-13-23)36-37-33(40)27(34(39)42)20-24-21-35-28-16-7-6-15-26(24)28/h3-9,12-13,15-18,21,25,27,35H,2,10-11,14,19-20,22H2,1H3. The Kier molecular flexibility index (Phi) is 6.82. The van der Waals surface area contributed by atoms with Gasteiger partial charge in [0.25, 0.3) is 0 Å². The largest absolute Gasteiger partial charge is 0.361 e. The van der Waals surface area contributed by atoms with E-state index in [-0.39, 0.29) is 24.4 Å². The van der Waals surface area contributed by atoms with Crippen LogP contribution in [-0.4, -0.2) is 55.6 Å². The molecule has 1 fully saturated rings. The van der Waals surface area contributed by atoms with Crippen molar-refractivity contribution in [1.82, 2.24) is 24.6 Å². The van der Waals surface area contributed by atoms with Crippen molar-refractivity contribution in [3.8, 4) is 17.1 Å². The van der Waals surface area contributed by atoms with Crippen molar-refractivity contribution < 1.29 is 9.59 Å². The van der Waals surface area contributed by atoms with Crippen molar-refractivity contribution in [3.63, 3.8) is 0 Å². The molecule has 7 rings (SSSR count). The van der Waals surface area contributed by atoms with E-state index in [2.05, 4.69) is 28.2 Å². The van der Waals surface area contributed by atoms with E-state index >= 15 is 0 Å². The maximum absolute atomic E-state index is 14.7. The lowest BCUT2D eigenvalue weighted by Gasteiger charge is -2.37. The first kappa shape index (κ1) is 26.2. The minimum Gasteiger partial charge on any atom is -0.361 e. The van der Waals surface area contributed by atoms with Crippen LogP contribution in [0.3, 0.4) is 0 Å². The van der Waals surface area contributed by atoms with Gasteiger partial charge in [-0.2, -0.15) is 0 Å². The molecule has 212 valence electrons. The molecule has 2 aliphatic rings. The van der Waals surface area contributed by atoms with Gasteiger partial charge in [0.2, 0.25) is 11.8 Å². The molecule has 1 N–H and O–H groups in total. The number of anilines is 1. The minimum absolute atomic E-state index is 0.00324. The third kappa shape index (κ3) is 4.47. The monoisotopic (exact) mass is 558 g/mol. The van der Waals surface area contributed by atoms with Gasteiger partial charge in [0.05, 0.1) is 11.4 Å². The molecular formula is C34H34N6O2. The Hall–Kier alpha value is -4.72. The average Bonchev–Trinajstić information content (AvgIpc) is 3.65. The number of fused-ring (bicyclic) bond motifs is 4. The number of benzene rings is 3. The van der Waals surface area contributed by atoms with Crippen LogP contribution in [0, 0.1) is 0 Å². The lowest BCUT2D eigenvalue weighted by atomic mass is 9.96. The SMILES string of the molecule is CCC1CCCCN1C(=O)CN1C(=O)C(Cc2c[nH]c3ccccc23)c2nnc(-c3ccccc3)n2-c2ccccc21. The number of likely N-dealkylation sites (tertiary alicyclic amines) is 1. The first-order valence-corrected chi connectivity index (χ1v) is 14.9. The zero-order chi connectivity index (χ0) is 28.6. The van der Waals surface area contributed by atoms with Crippen molar-refractivity contribution in [1.29, 1.82) is 0 Å². The molecule has 4 heterocycles. The first-order valence-electron chi connectivity index (χ1n) is 14.9. The smallest absolute Gasteiger partial charge is 0.242 e. The number of nitrogens with zero attached hydrogens (tertiary/aromatic N) is 5. The van der Waals surface area contributed by atoms with Crippen LogP contribution in [0.2, 0.25) is 0 Å². The number of H-pyrrole nitrogens is 1. The molecule has 8 nitrogen and oxygen atoms in total. The Morgan fingerprint density at radius 2 is 1.69 bits per heavy atom. The van der Waals surface area contributed by atoms with Gasteiger partial charge in [0.15, 0.2) is 11.6 Å². The summed E-state index contributed by atoms with van der Waals surface area (Å²) in [6.45, 7) is 2.87. The minimum atomic E-state index is -0.641. The lowest BCUT2D eigenvalue weighted by Crippen LogP contribution is -2.49. The molecular weight excluding hydrogens is 524 g/mol. The Bertz CT molecular complexity index is 1760. The second-order valence-corrected chi connectivity index (χ2v) is 11.3. The van der Waals surface area contributed by atoms with Gasteiger partial charge in [0, 0.05) is 35.2 Å². The predicted octanol–water partition coefficient (Wildman–Crippen LogP) is 5.88. The van der Waals surface area contributed by atoms with Crippen LogP contribution in [-0.2, 0) is 16.0 Å². The van der Waals surface area contributed by atoms with Gasteiger partial charge in [-0.1, -0.05) is 67.6 Å². The van der Waals surface area contributed by atoms with Crippen molar-refractivity contribution in [2.75, 3.05) is 18.0 Å². The summed E-state index contributed by atoms with van der Waals surface area (Å²) in [5.74, 6) is 0.465. The molecule has 0 bridgehead atoms. The maximum atomic E-state index is 14.7. The normalized spacial score (nSPS) is 18.5. The Balaban J connectivity index is 1.37. The fraction of sp³-hybridized carbons (Fsp3) is 0.294. The number of nitrogens with one attached hydrogen (secondary N) is 1.